The topological polar surface area (TPSA) is 84.4 Å². The molecule has 0 aromatic carbocycles. The highest BCUT2D eigenvalue weighted by atomic mass is 32.2. The number of anilines is 1. The maximum Gasteiger partial charge on any atom is 0.226 e. The Kier molecular flexibility index (Phi) is 3.99. The van der Waals surface area contributed by atoms with Gasteiger partial charge in [0.2, 0.25) is 21.9 Å². The van der Waals surface area contributed by atoms with Crippen LogP contribution in [0.4, 0.5) is 5.95 Å². The molecule has 1 saturated heterocycles. The molecule has 2 aliphatic rings. The van der Waals surface area contributed by atoms with Crippen molar-refractivity contribution < 1.29 is 13.2 Å². The number of nitrogens with zero attached hydrogens (tertiary/aromatic N) is 3. The van der Waals surface area contributed by atoms with Crippen LogP contribution in [0.15, 0.2) is 12.3 Å². The Bertz CT molecular complexity index is 595. The highest BCUT2D eigenvalue weighted by molar-refractivity contribution is 7.90. The number of methoxy groups -OCH3 is 1. The maximum absolute atomic E-state index is 12.2. The van der Waals surface area contributed by atoms with E-state index in [0.29, 0.717) is 24.9 Å². The summed E-state index contributed by atoms with van der Waals surface area (Å²) in [6, 6.07) is 1.89. The van der Waals surface area contributed by atoms with Crippen molar-refractivity contribution in [2.75, 3.05) is 25.5 Å². The van der Waals surface area contributed by atoms with Crippen molar-refractivity contribution in [2.45, 2.75) is 37.0 Å². The monoisotopic (exact) mass is 312 g/mol. The van der Waals surface area contributed by atoms with Gasteiger partial charge in [0.1, 0.15) is 0 Å². The molecular formula is C13H20N4O3S. The fraction of sp³-hybridized carbons (Fsp3) is 0.692. The van der Waals surface area contributed by atoms with Crippen molar-refractivity contribution >= 4 is 16.0 Å². The highest BCUT2D eigenvalue weighted by Gasteiger charge is 2.41. The summed E-state index contributed by atoms with van der Waals surface area (Å²) in [4.78, 5) is 8.37. The molecule has 0 atom stereocenters. The Morgan fingerprint density at radius 2 is 2.00 bits per heavy atom. The van der Waals surface area contributed by atoms with E-state index in [4.69, 9.17) is 4.74 Å². The molecule has 1 N–H and O–H groups in total. The van der Waals surface area contributed by atoms with E-state index < -0.39 is 10.0 Å². The van der Waals surface area contributed by atoms with E-state index in [1.54, 1.807) is 23.7 Å². The fourth-order valence-electron chi connectivity index (χ4n) is 2.54. The van der Waals surface area contributed by atoms with Gasteiger partial charge in [-0.25, -0.2) is 17.7 Å². The molecule has 1 saturated carbocycles. The van der Waals surface area contributed by atoms with Crippen molar-refractivity contribution in [3.63, 3.8) is 0 Å². The zero-order valence-electron chi connectivity index (χ0n) is 12.0. The number of ether oxygens (including phenoxy) is 1. The predicted molar refractivity (Wildman–Crippen MR) is 78.7 cm³/mol. The van der Waals surface area contributed by atoms with Gasteiger partial charge < -0.3 is 10.1 Å². The number of piperidine rings is 1. The molecule has 0 amide bonds. The molecule has 7 nitrogen and oxygen atoms in total. The van der Waals surface area contributed by atoms with E-state index in [1.165, 1.54) is 0 Å². The zero-order valence-corrected chi connectivity index (χ0v) is 12.8. The normalized spacial score (nSPS) is 21.2. The standard InChI is InChI=1S/C13H20N4O3S/c1-20-12-4-7-14-13(16-12)15-10-5-8-17(9-6-10)21(18,19)11-2-3-11/h4,7,10-11H,2-3,5-6,8-9H2,1H3,(H,14,15,16). The van der Waals surface area contributed by atoms with Crippen molar-refractivity contribution in [1.29, 1.82) is 0 Å². The summed E-state index contributed by atoms with van der Waals surface area (Å²) in [5, 5.41) is 3.13. The number of nitrogens with one attached hydrogen (secondary N) is 1. The zero-order chi connectivity index (χ0) is 14.9. The molecule has 21 heavy (non-hydrogen) atoms. The van der Waals surface area contributed by atoms with Crippen LogP contribution in [-0.2, 0) is 10.0 Å². The second-order valence-corrected chi connectivity index (χ2v) is 7.70. The Morgan fingerprint density at radius 3 is 2.62 bits per heavy atom. The first-order valence-corrected chi connectivity index (χ1v) is 8.72. The van der Waals surface area contributed by atoms with Crippen LogP contribution in [0, 0.1) is 0 Å². The third-order valence-corrected chi connectivity index (χ3v) is 6.33. The molecule has 1 aromatic heterocycles. The van der Waals surface area contributed by atoms with Gasteiger partial charge in [0.15, 0.2) is 0 Å². The summed E-state index contributed by atoms with van der Waals surface area (Å²) in [5.74, 6) is 1.04. The first-order valence-electron chi connectivity index (χ1n) is 7.22. The number of aromatic nitrogens is 2. The van der Waals surface area contributed by atoms with Gasteiger partial charge in [-0.2, -0.15) is 4.98 Å². The van der Waals surface area contributed by atoms with Crippen LogP contribution in [0.1, 0.15) is 25.7 Å². The number of hydrogen-bond acceptors (Lipinski definition) is 6. The lowest BCUT2D eigenvalue weighted by molar-refractivity contribution is 0.328. The Hall–Kier alpha value is -1.41. The van der Waals surface area contributed by atoms with Crippen LogP contribution in [0.25, 0.3) is 0 Å². The Labute approximate surface area is 124 Å². The smallest absolute Gasteiger partial charge is 0.226 e. The van der Waals surface area contributed by atoms with Gasteiger partial charge in [-0.05, 0) is 25.7 Å². The first kappa shape index (κ1) is 14.5. The molecule has 0 spiro atoms. The largest absolute Gasteiger partial charge is 0.481 e. The fourth-order valence-corrected chi connectivity index (χ4v) is 4.41. The SMILES string of the molecule is COc1ccnc(NC2CCN(S(=O)(=O)C3CC3)CC2)n1. The van der Waals surface area contributed by atoms with Crippen molar-refractivity contribution in [1.82, 2.24) is 14.3 Å². The molecule has 116 valence electrons. The number of hydrogen-bond donors (Lipinski definition) is 1. The molecule has 0 bridgehead atoms. The molecule has 1 aliphatic heterocycles. The van der Waals surface area contributed by atoms with E-state index in [-0.39, 0.29) is 11.3 Å². The van der Waals surface area contributed by atoms with Crippen LogP contribution in [0.2, 0.25) is 0 Å². The van der Waals surface area contributed by atoms with Crippen molar-refractivity contribution in [3.05, 3.63) is 12.3 Å². The van der Waals surface area contributed by atoms with Gasteiger partial charge in [0.25, 0.3) is 0 Å². The predicted octanol–water partition coefficient (Wildman–Crippen LogP) is 0.854. The summed E-state index contributed by atoms with van der Waals surface area (Å²) < 4.78 is 31.0. The lowest BCUT2D eigenvalue weighted by Gasteiger charge is -2.31. The van der Waals surface area contributed by atoms with Gasteiger partial charge >= 0.3 is 0 Å². The molecule has 0 radical (unpaired) electrons. The summed E-state index contributed by atoms with van der Waals surface area (Å²) in [7, 11) is -1.48. The van der Waals surface area contributed by atoms with Crippen LogP contribution in [-0.4, -0.2) is 54.2 Å². The number of sulfonamides is 1. The quantitative estimate of drug-likeness (QED) is 0.868. The molecular weight excluding hydrogens is 292 g/mol. The van der Waals surface area contributed by atoms with E-state index in [0.717, 1.165) is 25.7 Å². The van der Waals surface area contributed by atoms with Gasteiger partial charge in [-0.15, -0.1) is 0 Å². The average Bonchev–Trinajstić information content (AvgIpc) is 3.33. The van der Waals surface area contributed by atoms with Crippen LogP contribution in [0.5, 0.6) is 5.88 Å². The van der Waals surface area contributed by atoms with Gasteiger partial charge in [-0.1, -0.05) is 0 Å². The Morgan fingerprint density at radius 1 is 1.29 bits per heavy atom. The minimum atomic E-state index is -3.04. The van der Waals surface area contributed by atoms with E-state index >= 15 is 0 Å². The van der Waals surface area contributed by atoms with Crippen molar-refractivity contribution in [2.24, 2.45) is 0 Å². The van der Waals surface area contributed by atoms with E-state index in [2.05, 4.69) is 15.3 Å². The molecule has 0 unspecified atom stereocenters. The third-order valence-electron chi connectivity index (χ3n) is 3.93. The minimum absolute atomic E-state index is 0.122. The average molecular weight is 312 g/mol. The number of rotatable bonds is 5. The molecule has 3 rings (SSSR count). The minimum Gasteiger partial charge on any atom is -0.481 e. The van der Waals surface area contributed by atoms with E-state index in [1.807, 2.05) is 0 Å². The first-order chi connectivity index (χ1) is 10.1. The van der Waals surface area contributed by atoms with Gasteiger partial charge in [0, 0.05) is 31.4 Å². The molecule has 2 fully saturated rings. The second-order valence-electron chi connectivity index (χ2n) is 5.48. The van der Waals surface area contributed by atoms with Gasteiger partial charge in [0.05, 0.1) is 12.4 Å². The maximum atomic E-state index is 12.2. The second kappa shape index (κ2) is 5.76. The highest BCUT2D eigenvalue weighted by Crippen LogP contribution is 2.32. The van der Waals surface area contributed by atoms with Crippen LogP contribution >= 0.6 is 0 Å². The van der Waals surface area contributed by atoms with Crippen molar-refractivity contribution in [3.8, 4) is 5.88 Å². The molecule has 8 heteroatoms. The lowest BCUT2D eigenvalue weighted by Crippen LogP contribution is -2.43. The summed E-state index contributed by atoms with van der Waals surface area (Å²) in [6.07, 6.45) is 4.82. The third kappa shape index (κ3) is 3.26. The molecule has 2 heterocycles. The molecule has 1 aliphatic carbocycles. The lowest BCUT2D eigenvalue weighted by atomic mass is 10.1. The van der Waals surface area contributed by atoms with Gasteiger partial charge in [-0.3, -0.25) is 0 Å². The summed E-state index contributed by atoms with van der Waals surface area (Å²) in [5.41, 5.74) is 0. The van der Waals surface area contributed by atoms with Crippen LogP contribution in [0.3, 0.4) is 0 Å². The summed E-state index contributed by atoms with van der Waals surface area (Å²) >= 11 is 0. The summed E-state index contributed by atoms with van der Waals surface area (Å²) in [6.45, 7) is 1.14. The Balaban J connectivity index is 1.56. The molecule has 1 aromatic rings. The van der Waals surface area contributed by atoms with E-state index in [9.17, 15) is 8.42 Å². The van der Waals surface area contributed by atoms with Crippen LogP contribution < -0.4 is 10.1 Å².